The summed E-state index contributed by atoms with van der Waals surface area (Å²) in [5.74, 6) is -2.46. The number of carbonyl (C=O) groups excluding carboxylic acids is 2. The average Bonchev–Trinajstić information content (AvgIpc) is 2.04. The van der Waals surface area contributed by atoms with Crippen LogP contribution in [0.1, 0.15) is 21.2 Å². The van der Waals surface area contributed by atoms with E-state index in [9.17, 15) is 9.59 Å². The highest BCUT2D eigenvalue weighted by Gasteiger charge is 2.09. The van der Waals surface area contributed by atoms with Crippen LogP contribution in [0.4, 0.5) is 0 Å². The van der Waals surface area contributed by atoms with Crippen molar-refractivity contribution in [3.05, 3.63) is 11.6 Å². The average molecular weight is 168 g/mol. The van der Waals surface area contributed by atoms with Gasteiger partial charge in [0.2, 0.25) is 0 Å². The minimum atomic E-state index is -0.869. The maximum absolute atomic E-state index is 10.4. The predicted octanol–water partition coefficient (Wildman–Crippen LogP) is -2.54. The fraction of sp³-hybridized carbons (Fsp3) is 0. The second kappa shape index (κ2) is 2.86. The van der Waals surface area contributed by atoms with Gasteiger partial charge in [0.15, 0.2) is 0 Å². The van der Waals surface area contributed by atoms with Crippen molar-refractivity contribution < 1.29 is 9.59 Å². The molecule has 4 N–H and O–H groups in total. The minimum Gasteiger partial charge on any atom is -0.363 e. The first-order chi connectivity index (χ1) is 5.61. The molecule has 0 aliphatic carbocycles. The van der Waals surface area contributed by atoms with Crippen molar-refractivity contribution in [1.82, 2.24) is 20.4 Å². The van der Waals surface area contributed by atoms with E-state index in [4.69, 9.17) is 11.5 Å². The van der Waals surface area contributed by atoms with Crippen LogP contribution in [0.3, 0.4) is 0 Å². The van der Waals surface area contributed by atoms with E-state index in [1.54, 1.807) is 0 Å². The second-order valence-corrected chi connectivity index (χ2v) is 1.78. The molecule has 8 nitrogen and oxygen atoms in total. The highest BCUT2D eigenvalue weighted by molar-refractivity contribution is 5.90. The molecule has 0 aromatic carbocycles. The SMILES string of the molecule is NC(=O)c1nnc(C(N)=O)nn1. The van der Waals surface area contributed by atoms with Gasteiger partial charge in [0.1, 0.15) is 0 Å². The number of nitrogens with two attached hydrogens (primary N) is 2. The van der Waals surface area contributed by atoms with Crippen LogP contribution in [0.2, 0.25) is 0 Å². The van der Waals surface area contributed by atoms with Gasteiger partial charge in [-0.3, -0.25) is 9.59 Å². The normalized spacial score (nSPS) is 9.33. The van der Waals surface area contributed by atoms with Crippen LogP contribution in [0.25, 0.3) is 0 Å². The lowest BCUT2D eigenvalue weighted by molar-refractivity contribution is 0.0967. The van der Waals surface area contributed by atoms with Gasteiger partial charge in [-0.2, -0.15) is 0 Å². The van der Waals surface area contributed by atoms with E-state index in [1.165, 1.54) is 0 Å². The van der Waals surface area contributed by atoms with Crippen LogP contribution in [0.5, 0.6) is 0 Å². The summed E-state index contributed by atoms with van der Waals surface area (Å²) < 4.78 is 0. The summed E-state index contributed by atoms with van der Waals surface area (Å²) in [7, 11) is 0. The Morgan fingerprint density at radius 1 is 0.833 bits per heavy atom. The first-order valence-corrected chi connectivity index (χ1v) is 2.78. The van der Waals surface area contributed by atoms with E-state index in [0.717, 1.165) is 0 Å². The molecule has 0 bridgehead atoms. The van der Waals surface area contributed by atoms with E-state index < -0.39 is 11.8 Å². The van der Waals surface area contributed by atoms with E-state index >= 15 is 0 Å². The van der Waals surface area contributed by atoms with Crippen molar-refractivity contribution >= 4 is 11.8 Å². The molecule has 12 heavy (non-hydrogen) atoms. The molecule has 2 amide bonds. The molecule has 0 aliphatic heterocycles. The van der Waals surface area contributed by atoms with Gasteiger partial charge in [-0.05, 0) is 0 Å². The van der Waals surface area contributed by atoms with E-state index in [-0.39, 0.29) is 11.6 Å². The van der Waals surface area contributed by atoms with Gasteiger partial charge in [-0.25, -0.2) is 0 Å². The summed E-state index contributed by atoms with van der Waals surface area (Å²) in [6.07, 6.45) is 0. The molecule has 0 radical (unpaired) electrons. The second-order valence-electron chi connectivity index (χ2n) is 1.78. The number of aromatic nitrogens is 4. The highest BCUT2D eigenvalue weighted by atomic mass is 16.2. The first-order valence-electron chi connectivity index (χ1n) is 2.78. The molecule has 0 fully saturated rings. The highest BCUT2D eigenvalue weighted by Crippen LogP contribution is 1.83. The van der Waals surface area contributed by atoms with Gasteiger partial charge < -0.3 is 11.5 Å². The zero-order chi connectivity index (χ0) is 9.14. The summed E-state index contributed by atoms with van der Waals surface area (Å²) in [4.78, 5) is 20.8. The molecule has 0 saturated carbocycles. The molecule has 0 atom stereocenters. The van der Waals surface area contributed by atoms with Crippen molar-refractivity contribution in [2.24, 2.45) is 11.5 Å². The number of amides is 2. The Labute approximate surface area is 66.0 Å². The van der Waals surface area contributed by atoms with E-state index in [1.807, 2.05) is 0 Å². The standard InChI is InChI=1S/C4H4N6O2/c5-1(11)3-7-9-4(2(6)12)10-8-3/h(H2,5,11)(H2,6,12). The summed E-state index contributed by atoms with van der Waals surface area (Å²) in [5.41, 5.74) is 9.56. The Bertz CT molecular complexity index is 286. The first kappa shape index (κ1) is 7.98. The van der Waals surface area contributed by atoms with Crippen LogP contribution in [0.15, 0.2) is 0 Å². The Balaban J connectivity index is 3.01. The summed E-state index contributed by atoms with van der Waals surface area (Å²) in [6, 6.07) is 0. The van der Waals surface area contributed by atoms with Crippen molar-refractivity contribution in [2.45, 2.75) is 0 Å². The van der Waals surface area contributed by atoms with Gasteiger partial charge >= 0.3 is 0 Å². The fourth-order valence-electron chi connectivity index (χ4n) is 0.427. The lowest BCUT2D eigenvalue weighted by Crippen LogP contribution is -2.22. The minimum absolute atomic E-state index is 0.361. The van der Waals surface area contributed by atoms with Crippen LogP contribution in [-0.4, -0.2) is 32.2 Å². The Morgan fingerprint density at radius 3 is 1.25 bits per heavy atom. The maximum atomic E-state index is 10.4. The molecule has 1 rings (SSSR count). The Kier molecular flexibility index (Phi) is 1.90. The Morgan fingerprint density at radius 2 is 1.08 bits per heavy atom. The molecule has 62 valence electrons. The molecule has 8 heteroatoms. The fourth-order valence-corrected chi connectivity index (χ4v) is 0.427. The van der Waals surface area contributed by atoms with Crippen molar-refractivity contribution in [2.75, 3.05) is 0 Å². The van der Waals surface area contributed by atoms with Gasteiger partial charge in [0.25, 0.3) is 23.5 Å². The third-order valence-corrected chi connectivity index (χ3v) is 0.920. The van der Waals surface area contributed by atoms with Gasteiger partial charge in [-0.15, -0.1) is 20.4 Å². The quantitative estimate of drug-likeness (QED) is 0.499. The molecular formula is C4H4N6O2. The van der Waals surface area contributed by atoms with Crippen molar-refractivity contribution in [3.63, 3.8) is 0 Å². The van der Waals surface area contributed by atoms with Crippen LogP contribution in [0, 0.1) is 0 Å². The zero-order valence-electron chi connectivity index (χ0n) is 5.76. The third kappa shape index (κ3) is 1.48. The van der Waals surface area contributed by atoms with Crippen LogP contribution in [-0.2, 0) is 0 Å². The summed E-state index contributed by atoms with van der Waals surface area (Å²) >= 11 is 0. The molecule has 1 aromatic rings. The number of hydrogen-bond acceptors (Lipinski definition) is 6. The number of rotatable bonds is 2. The topological polar surface area (TPSA) is 138 Å². The van der Waals surface area contributed by atoms with Crippen LogP contribution < -0.4 is 11.5 Å². The monoisotopic (exact) mass is 168 g/mol. The number of hydrogen-bond donors (Lipinski definition) is 2. The zero-order valence-corrected chi connectivity index (χ0v) is 5.76. The number of primary amides is 2. The molecule has 0 saturated heterocycles. The molecule has 0 aliphatic rings. The number of nitrogens with zero attached hydrogens (tertiary/aromatic N) is 4. The van der Waals surface area contributed by atoms with Crippen molar-refractivity contribution in [3.8, 4) is 0 Å². The smallest absolute Gasteiger partial charge is 0.290 e. The van der Waals surface area contributed by atoms with Gasteiger partial charge in [-0.1, -0.05) is 0 Å². The van der Waals surface area contributed by atoms with E-state index in [0.29, 0.717) is 0 Å². The van der Waals surface area contributed by atoms with Gasteiger partial charge in [0.05, 0.1) is 0 Å². The summed E-state index contributed by atoms with van der Waals surface area (Å²) in [6.45, 7) is 0. The lowest BCUT2D eigenvalue weighted by Gasteiger charge is -1.91. The molecule has 1 aromatic heterocycles. The maximum Gasteiger partial charge on any atom is 0.290 e. The van der Waals surface area contributed by atoms with E-state index in [2.05, 4.69) is 20.4 Å². The molecule has 0 spiro atoms. The lowest BCUT2D eigenvalue weighted by atomic mass is 10.6. The van der Waals surface area contributed by atoms with Crippen LogP contribution >= 0.6 is 0 Å². The van der Waals surface area contributed by atoms with Crippen molar-refractivity contribution in [1.29, 1.82) is 0 Å². The molecular weight excluding hydrogens is 164 g/mol. The molecule has 1 heterocycles. The Hall–Kier alpha value is -2.12. The molecule has 0 unspecified atom stereocenters. The largest absolute Gasteiger partial charge is 0.363 e. The van der Waals surface area contributed by atoms with Gasteiger partial charge in [0, 0.05) is 0 Å². The number of carbonyl (C=O) groups is 2. The summed E-state index contributed by atoms with van der Waals surface area (Å²) in [5, 5.41) is 12.8. The predicted molar refractivity (Wildman–Crippen MR) is 34.7 cm³/mol. The third-order valence-electron chi connectivity index (χ3n) is 0.920.